The van der Waals surface area contributed by atoms with Crippen molar-refractivity contribution < 1.29 is 4.79 Å². The fourth-order valence-corrected chi connectivity index (χ4v) is 5.56. The van der Waals surface area contributed by atoms with Crippen molar-refractivity contribution in [3.05, 3.63) is 69.8 Å². The molecule has 0 bridgehead atoms. The number of hydrogen-bond donors (Lipinski definition) is 0. The van der Waals surface area contributed by atoms with Crippen LogP contribution in [0, 0.1) is 19.8 Å². The van der Waals surface area contributed by atoms with Gasteiger partial charge in [0, 0.05) is 19.5 Å². The molecule has 6 nitrogen and oxygen atoms in total. The average molecular weight is 503 g/mol. The Morgan fingerprint density at radius 1 is 1.05 bits per heavy atom. The molecular formula is C31H42N4O2. The molecule has 6 heteroatoms. The fraction of sp³-hybridized carbons (Fsp3) is 0.516. The van der Waals surface area contributed by atoms with Gasteiger partial charge in [-0.25, -0.2) is 4.98 Å². The predicted molar refractivity (Wildman–Crippen MR) is 151 cm³/mol. The number of hydrogen-bond acceptors (Lipinski definition) is 4. The first-order valence-electron chi connectivity index (χ1n) is 13.8. The number of nitrogens with zero attached hydrogens (tertiary/aromatic N) is 4. The lowest BCUT2D eigenvalue weighted by Gasteiger charge is -2.33. The third-order valence-electron chi connectivity index (χ3n) is 7.96. The van der Waals surface area contributed by atoms with E-state index in [4.69, 9.17) is 4.98 Å². The normalized spacial score (nSPS) is 15.0. The molecule has 1 aliphatic carbocycles. The second-order valence-corrected chi connectivity index (χ2v) is 10.9. The minimum absolute atomic E-state index is 0.0896. The third-order valence-corrected chi connectivity index (χ3v) is 7.96. The van der Waals surface area contributed by atoms with Crippen molar-refractivity contribution in [2.75, 3.05) is 27.2 Å². The minimum Gasteiger partial charge on any atom is -0.331 e. The van der Waals surface area contributed by atoms with Crippen molar-refractivity contribution in [2.24, 2.45) is 5.92 Å². The summed E-state index contributed by atoms with van der Waals surface area (Å²) in [6.45, 7) is 7.58. The van der Waals surface area contributed by atoms with Crippen LogP contribution in [0.4, 0.5) is 0 Å². The Morgan fingerprint density at radius 2 is 1.78 bits per heavy atom. The van der Waals surface area contributed by atoms with Gasteiger partial charge in [-0.2, -0.15) is 0 Å². The number of carbonyl (C=O) groups is 1. The molecule has 1 aliphatic rings. The fourth-order valence-electron chi connectivity index (χ4n) is 5.56. The summed E-state index contributed by atoms with van der Waals surface area (Å²) >= 11 is 0. The number of aryl methyl sites for hydroxylation is 2. The van der Waals surface area contributed by atoms with E-state index in [-0.39, 0.29) is 17.5 Å². The van der Waals surface area contributed by atoms with Gasteiger partial charge in [0.2, 0.25) is 5.91 Å². The van der Waals surface area contributed by atoms with Crippen LogP contribution in [0.5, 0.6) is 0 Å². The number of likely N-dealkylation sites (N-methyl/N-ethyl adjacent to an activating group) is 1. The predicted octanol–water partition coefficient (Wildman–Crippen LogP) is 5.81. The molecule has 0 N–H and O–H groups in total. The van der Waals surface area contributed by atoms with Crippen LogP contribution in [0.3, 0.4) is 0 Å². The van der Waals surface area contributed by atoms with Gasteiger partial charge in [-0.3, -0.25) is 14.2 Å². The van der Waals surface area contributed by atoms with Crippen LogP contribution in [-0.4, -0.2) is 52.4 Å². The molecule has 37 heavy (non-hydrogen) atoms. The van der Waals surface area contributed by atoms with E-state index in [1.807, 2.05) is 55.4 Å². The average Bonchev–Trinajstić information content (AvgIpc) is 3.40. The molecule has 4 rings (SSSR count). The van der Waals surface area contributed by atoms with Gasteiger partial charge in [-0.05, 0) is 82.1 Å². The molecule has 1 aromatic heterocycles. The number of aromatic nitrogens is 2. The first-order chi connectivity index (χ1) is 17.8. The van der Waals surface area contributed by atoms with Crippen molar-refractivity contribution in [3.63, 3.8) is 0 Å². The molecule has 1 heterocycles. The molecule has 0 spiro atoms. The second-order valence-electron chi connectivity index (χ2n) is 10.9. The zero-order valence-electron chi connectivity index (χ0n) is 23.2. The summed E-state index contributed by atoms with van der Waals surface area (Å²) in [5.74, 6) is 1.46. The lowest BCUT2D eigenvalue weighted by atomic mass is 10.0. The van der Waals surface area contributed by atoms with E-state index in [1.54, 1.807) is 4.57 Å². The maximum absolute atomic E-state index is 13.9. The molecule has 1 unspecified atom stereocenters. The standard InChI is InChI=1S/C31H42N4O2/c1-6-28(34(20-19-33(4)5)29(36)18-16-24-11-7-8-12-24)30-32-27-14-10-9-13-26(27)31(37)35(30)25-17-15-22(2)23(3)21-25/h9-10,13-15,17,21,24,28H,6-8,11-12,16,18-20H2,1-5H3. The molecule has 0 aliphatic heterocycles. The quantitative estimate of drug-likeness (QED) is 0.351. The SMILES string of the molecule is CCC(c1nc2ccccc2c(=O)n1-c1ccc(C)c(C)c1)N(CCN(C)C)C(=O)CCC1CCCC1. The Bertz CT molecular complexity index is 1290. The van der Waals surface area contributed by atoms with Gasteiger partial charge in [0.1, 0.15) is 5.82 Å². The van der Waals surface area contributed by atoms with Crippen molar-refractivity contribution in [1.82, 2.24) is 19.4 Å². The van der Waals surface area contributed by atoms with E-state index >= 15 is 0 Å². The van der Waals surface area contributed by atoms with Crippen LogP contribution in [-0.2, 0) is 4.79 Å². The summed E-state index contributed by atoms with van der Waals surface area (Å²) in [5, 5.41) is 0.590. The maximum atomic E-state index is 13.9. The number of benzene rings is 2. The molecule has 0 radical (unpaired) electrons. The molecule has 2 aromatic carbocycles. The molecule has 1 fully saturated rings. The maximum Gasteiger partial charge on any atom is 0.266 e. The van der Waals surface area contributed by atoms with Crippen LogP contribution in [0.15, 0.2) is 47.3 Å². The summed E-state index contributed by atoms with van der Waals surface area (Å²) in [6.07, 6.45) is 7.21. The van der Waals surface area contributed by atoms with Gasteiger partial charge < -0.3 is 9.80 Å². The molecule has 0 saturated heterocycles. The lowest BCUT2D eigenvalue weighted by Crippen LogP contribution is -2.41. The lowest BCUT2D eigenvalue weighted by molar-refractivity contribution is -0.134. The van der Waals surface area contributed by atoms with Crippen LogP contribution < -0.4 is 5.56 Å². The highest BCUT2D eigenvalue weighted by Gasteiger charge is 2.29. The Labute approximate surface area is 221 Å². The van der Waals surface area contributed by atoms with Gasteiger partial charge in [0.25, 0.3) is 5.56 Å². The third kappa shape index (κ3) is 6.12. The minimum atomic E-state index is -0.296. The Kier molecular flexibility index (Phi) is 8.80. The summed E-state index contributed by atoms with van der Waals surface area (Å²) in [4.78, 5) is 36.9. The van der Waals surface area contributed by atoms with Gasteiger partial charge >= 0.3 is 0 Å². The van der Waals surface area contributed by atoms with Crippen molar-refractivity contribution in [2.45, 2.75) is 71.8 Å². The molecule has 1 atom stereocenters. The molecule has 3 aromatic rings. The van der Waals surface area contributed by atoms with E-state index in [9.17, 15) is 9.59 Å². The van der Waals surface area contributed by atoms with Crippen LogP contribution in [0.2, 0.25) is 0 Å². The highest BCUT2D eigenvalue weighted by molar-refractivity contribution is 5.79. The highest BCUT2D eigenvalue weighted by atomic mass is 16.2. The number of para-hydroxylation sites is 1. The molecule has 198 valence electrons. The van der Waals surface area contributed by atoms with E-state index in [0.29, 0.717) is 42.0 Å². The van der Waals surface area contributed by atoms with Crippen LogP contribution in [0.1, 0.15) is 74.9 Å². The summed E-state index contributed by atoms with van der Waals surface area (Å²) in [7, 11) is 4.06. The topological polar surface area (TPSA) is 58.4 Å². The zero-order chi connectivity index (χ0) is 26.5. The highest BCUT2D eigenvalue weighted by Crippen LogP contribution is 2.31. The van der Waals surface area contributed by atoms with Crippen LogP contribution >= 0.6 is 0 Å². The van der Waals surface area contributed by atoms with E-state index < -0.39 is 0 Å². The Morgan fingerprint density at radius 3 is 2.46 bits per heavy atom. The Balaban J connectivity index is 1.82. The molecular weight excluding hydrogens is 460 g/mol. The number of amides is 1. The van der Waals surface area contributed by atoms with Gasteiger partial charge in [0.05, 0.1) is 22.6 Å². The summed E-state index contributed by atoms with van der Waals surface area (Å²) < 4.78 is 1.75. The number of carbonyl (C=O) groups excluding carboxylic acids is 1. The van der Waals surface area contributed by atoms with Gasteiger partial charge in [-0.15, -0.1) is 0 Å². The molecule has 1 saturated carbocycles. The van der Waals surface area contributed by atoms with E-state index in [1.165, 1.54) is 31.2 Å². The van der Waals surface area contributed by atoms with Crippen LogP contribution in [0.25, 0.3) is 16.6 Å². The van der Waals surface area contributed by atoms with Gasteiger partial charge in [0.15, 0.2) is 0 Å². The Hall–Kier alpha value is -2.99. The smallest absolute Gasteiger partial charge is 0.266 e. The zero-order valence-corrected chi connectivity index (χ0v) is 23.2. The van der Waals surface area contributed by atoms with Gasteiger partial charge in [-0.1, -0.05) is 50.8 Å². The van der Waals surface area contributed by atoms with Crippen molar-refractivity contribution in [1.29, 1.82) is 0 Å². The summed E-state index contributed by atoms with van der Waals surface area (Å²) in [5.41, 5.74) is 3.67. The molecule has 1 amide bonds. The first-order valence-corrected chi connectivity index (χ1v) is 13.8. The largest absolute Gasteiger partial charge is 0.331 e. The summed E-state index contributed by atoms with van der Waals surface area (Å²) in [6, 6.07) is 13.3. The number of fused-ring (bicyclic) bond motifs is 1. The van der Waals surface area contributed by atoms with Crippen molar-refractivity contribution in [3.8, 4) is 5.69 Å². The van der Waals surface area contributed by atoms with E-state index in [2.05, 4.69) is 31.7 Å². The first kappa shape index (κ1) is 27.1. The second kappa shape index (κ2) is 12.0. The van der Waals surface area contributed by atoms with E-state index in [0.717, 1.165) is 24.2 Å². The number of rotatable bonds is 10. The van der Waals surface area contributed by atoms with Crippen molar-refractivity contribution >= 4 is 16.8 Å². The monoisotopic (exact) mass is 502 g/mol.